The quantitative estimate of drug-likeness (QED) is 0.240. The highest BCUT2D eigenvalue weighted by Gasteiger charge is 2.61. The van der Waals surface area contributed by atoms with E-state index in [-0.39, 0.29) is 11.8 Å². The van der Waals surface area contributed by atoms with Gasteiger partial charge in [0.1, 0.15) is 0 Å². The Bertz CT molecular complexity index is 1160. The Morgan fingerprint density at radius 2 is 0.839 bits per heavy atom. The minimum Gasteiger partial charge on any atom is -0.335 e. The van der Waals surface area contributed by atoms with E-state index in [1.54, 1.807) is 0 Å². The van der Waals surface area contributed by atoms with Gasteiger partial charge in [-0.25, -0.2) is 0 Å². The fourth-order valence-electron chi connectivity index (χ4n) is 5.35. The molecule has 2 bridgehead atoms. The SMILES string of the molecule is Br[C@]12O[C@@](Br)(c3ccccc31)[C@@H](c1ccccc1)c1ccccc1[C@@H]2c1ccccc1. The molecule has 0 saturated carbocycles. The molecular weight excluding hydrogens is 512 g/mol. The van der Waals surface area contributed by atoms with Gasteiger partial charge in [0, 0.05) is 11.1 Å². The highest BCUT2D eigenvalue weighted by Crippen LogP contribution is 2.68. The van der Waals surface area contributed by atoms with E-state index in [0.717, 1.165) is 0 Å². The van der Waals surface area contributed by atoms with E-state index in [0.29, 0.717) is 0 Å². The van der Waals surface area contributed by atoms with Crippen molar-refractivity contribution in [2.45, 2.75) is 20.9 Å². The second-order valence-electron chi connectivity index (χ2n) is 8.25. The Morgan fingerprint density at radius 1 is 0.484 bits per heavy atom. The van der Waals surface area contributed by atoms with Crippen LogP contribution in [0.25, 0.3) is 0 Å². The van der Waals surface area contributed by atoms with Crippen LogP contribution in [0.15, 0.2) is 109 Å². The van der Waals surface area contributed by atoms with Gasteiger partial charge >= 0.3 is 0 Å². The molecule has 1 heterocycles. The van der Waals surface area contributed by atoms with E-state index in [1.807, 2.05) is 0 Å². The molecule has 0 saturated heterocycles. The van der Waals surface area contributed by atoms with Gasteiger partial charge < -0.3 is 4.74 Å². The summed E-state index contributed by atoms with van der Waals surface area (Å²) >= 11 is 8.28. The van der Waals surface area contributed by atoms with Crippen molar-refractivity contribution in [3.8, 4) is 0 Å². The van der Waals surface area contributed by atoms with Crippen LogP contribution < -0.4 is 0 Å². The molecule has 1 aliphatic heterocycles. The third-order valence-corrected chi connectivity index (χ3v) is 8.68. The fourth-order valence-corrected chi connectivity index (χ4v) is 7.79. The molecule has 4 aromatic rings. The molecule has 0 amide bonds. The van der Waals surface area contributed by atoms with Gasteiger partial charge in [0.2, 0.25) is 0 Å². The summed E-state index contributed by atoms with van der Waals surface area (Å²) in [5.41, 5.74) is 7.39. The van der Waals surface area contributed by atoms with Crippen LogP contribution in [0.1, 0.15) is 45.2 Å². The molecule has 0 aromatic heterocycles. The van der Waals surface area contributed by atoms with Crippen LogP contribution in [0, 0.1) is 0 Å². The second kappa shape index (κ2) is 7.16. The minimum absolute atomic E-state index is 0.000753. The number of benzene rings is 4. The summed E-state index contributed by atoms with van der Waals surface area (Å²) in [5.74, 6) is -0.00151. The van der Waals surface area contributed by atoms with Crippen LogP contribution in [-0.2, 0) is 13.8 Å². The number of ether oxygens (including phenoxy) is 1. The molecule has 1 aliphatic carbocycles. The van der Waals surface area contributed by atoms with Crippen LogP contribution in [0.4, 0.5) is 0 Å². The smallest absolute Gasteiger partial charge is 0.161 e. The highest BCUT2D eigenvalue weighted by molar-refractivity contribution is 9.10. The van der Waals surface area contributed by atoms with Crippen molar-refractivity contribution in [3.05, 3.63) is 143 Å². The number of alkyl halides is 2. The van der Waals surface area contributed by atoms with Crippen LogP contribution in [0.2, 0.25) is 0 Å². The lowest BCUT2D eigenvalue weighted by atomic mass is 9.73. The molecule has 0 fully saturated rings. The first-order valence-electron chi connectivity index (χ1n) is 10.5. The molecule has 152 valence electrons. The lowest BCUT2D eigenvalue weighted by Gasteiger charge is -2.34. The van der Waals surface area contributed by atoms with Crippen LogP contribution >= 0.6 is 31.9 Å². The van der Waals surface area contributed by atoms with Crippen molar-refractivity contribution in [1.29, 1.82) is 0 Å². The summed E-state index contributed by atoms with van der Waals surface area (Å²) < 4.78 is 5.74. The van der Waals surface area contributed by atoms with Gasteiger partial charge in [-0.3, -0.25) is 0 Å². The van der Waals surface area contributed by atoms with Crippen molar-refractivity contribution in [1.82, 2.24) is 0 Å². The van der Waals surface area contributed by atoms with Crippen LogP contribution in [0.3, 0.4) is 0 Å². The predicted octanol–water partition coefficient (Wildman–Crippen LogP) is 7.79. The summed E-state index contributed by atoms with van der Waals surface area (Å²) in [6, 6.07) is 38.8. The van der Waals surface area contributed by atoms with E-state index < -0.39 is 9.02 Å². The Balaban J connectivity index is 1.74. The Hall–Kier alpha value is -2.20. The standard InChI is InChI=1S/C28H20Br2O/c29-27-23-17-9-10-18-24(23)28(30,31-27)26(20-13-5-2-6-14-20)22-16-8-7-15-21(22)25(27)19-11-3-1-4-12-19/h1-18,25-26H/t25-,26-,27-,28-/m0/s1. The Kier molecular flexibility index (Phi) is 4.50. The maximum atomic E-state index is 7.12. The highest BCUT2D eigenvalue weighted by atomic mass is 79.9. The first-order chi connectivity index (χ1) is 15.1. The summed E-state index contributed by atoms with van der Waals surface area (Å²) in [5, 5.41) is 0. The fraction of sp³-hybridized carbons (Fsp3) is 0.143. The molecule has 4 aromatic carbocycles. The molecular formula is C28H20Br2O. The third kappa shape index (κ3) is 2.77. The van der Waals surface area contributed by atoms with Gasteiger partial charge in [0.05, 0.1) is 11.8 Å². The molecule has 2 aliphatic rings. The normalized spacial score (nSPS) is 28.5. The molecule has 0 spiro atoms. The van der Waals surface area contributed by atoms with Crippen LogP contribution in [-0.4, -0.2) is 0 Å². The van der Waals surface area contributed by atoms with Gasteiger partial charge in [-0.15, -0.1) is 0 Å². The van der Waals surface area contributed by atoms with Crippen LogP contribution in [0.5, 0.6) is 0 Å². The first kappa shape index (κ1) is 19.5. The molecule has 31 heavy (non-hydrogen) atoms. The van der Waals surface area contributed by atoms with Gasteiger partial charge in [0.15, 0.2) is 9.02 Å². The second-order valence-corrected chi connectivity index (χ2v) is 10.6. The van der Waals surface area contributed by atoms with Gasteiger partial charge in [0.25, 0.3) is 0 Å². The molecule has 3 heteroatoms. The Morgan fingerprint density at radius 3 is 1.26 bits per heavy atom. The summed E-state index contributed by atoms with van der Waals surface area (Å²) in [4.78, 5) is 0. The largest absolute Gasteiger partial charge is 0.335 e. The lowest BCUT2D eigenvalue weighted by Crippen LogP contribution is -2.30. The Labute approximate surface area is 199 Å². The van der Waals surface area contributed by atoms with Gasteiger partial charge in [-0.2, -0.15) is 0 Å². The van der Waals surface area contributed by atoms with E-state index in [1.165, 1.54) is 33.4 Å². The van der Waals surface area contributed by atoms with E-state index in [4.69, 9.17) is 4.74 Å². The topological polar surface area (TPSA) is 9.23 Å². The molecule has 0 radical (unpaired) electrons. The zero-order valence-corrected chi connectivity index (χ0v) is 19.9. The maximum Gasteiger partial charge on any atom is 0.161 e. The molecule has 0 N–H and O–H groups in total. The molecule has 0 unspecified atom stereocenters. The average Bonchev–Trinajstić information content (AvgIpc) is 2.99. The molecule has 6 rings (SSSR count). The summed E-state index contributed by atoms with van der Waals surface area (Å²) in [7, 11) is 0. The maximum absolute atomic E-state index is 7.12. The molecule has 4 atom stereocenters. The van der Waals surface area contributed by atoms with Gasteiger partial charge in [-0.05, 0) is 54.1 Å². The minimum atomic E-state index is -0.686. The monoisotopic (exact) mass is 530 g/mol. The lowest BCUT2D eigenvalue weighted by molar-refractivity contribution is -0.0385. The predicted molar refractivity (Wildman–Crippen MR) is 132 cm³/mol. The van der Waals surface area contributed by atoms with E-state index in [9.17, 15) is 0 Å². The van der Waals surface area contributed by atoms with E-state index in [2.05, 4.69) is 141 Å². The van der Waals surface area contributed by atoms with Crippen molar-refractivity contribution >= 4 is 31.9 Å². The number of rotatable bonds is 2. The zero-order chi connectivity index (χ0) is 21.1. The summed E-state index contributed by atoms with van der Waals surface area (Å²) in [6.45, 7) is 0. The number of fused-ring (bicyclic) bond motifs is 1. The van der Waals surface area contributed by atoms with Gasteiger partial charge in [-0.1, -0.05) is 109 Å². The first-order valence-corrected chi connectivity index (χ1v) is 12.1. The number of halogens is 2. The van der Waals surface area contributed by atoms with Crippen molar-refractivity contribution < 1.29 is 4.74 Å². The average molecular weight is 532 g/mol. The van der Waals surface area contributed by atoms with Crippen molar-refractivity contribution in [2.75, 3.05) is 0 Å². The van der Waals surface area contributed by atoms with Crippen molar-refractivity contribution in [3.63, 3.8) is 0 Å². The third-order valence-electron chi connectivity index (χ3n) is 6.59. The van der Waals surface area contributed by atoms with Crippen molar-refractivity contribution in [2.24, 2.45) is 0 Å². The molecule has 1 nitrogen and oxygen atoms in total. The van der Waals surface area contributed by atoms with E-state index >= 15 is 0 Å². The zero-order valence-electron chi connectivity index (χ0n) is 16.7. The summed E-state index contributed by atoms with van der Waals surface area (Å²) in [6.07, 6.45) is 0. The number of hydrogen-bond donors (Lipinski definition) is 0. The number of hydrogen-bond acceptors (Lipinski definition) is 1.